The van der Waals surface area contributed by atoms with Crippen molar-refractivity contribution in [2.24, 2.45) is 0 Å². The molecule has 0 fully saturated rings. The van der Waals surface area contributed by atoms with Crippen molar-refractivity contribution in [1.82, 2.24) is 20.5 Å². The smallest absolute Gasteiger partial charge is 0.226 e. The Bertz CT molecular complexity index is 703. The molecule has 0 saturated carbocycles. The number of carbonyl (C=O) groups is 1. The lowest BCUT2D eigenvalue weighted by Gasteiger charge is -2.11. The molecule has 1 unspecified atom stereocenters. The summed E-state index contributed by atoms with van der Waals surface area (Å²) < 4.78 is 5.29. The van der Waals surface area contributed by atoms with Crippen molar-refractivity contribution in [2.45, 2.75) is 19.4 Å². The van der Waals surface area contributed by atoms with E-state index in [0.717, 1.165) is 22.0 Å². The first kappa shape index (κ1) is 13.6. The average Bonchev–Trinajstić information content (AvgIpc) is 3.21. The zero-order valence-corrected chi connectivity index (χ0v) is 12.2. The lowest BCUT2D eigenvalue weighted by molar-refractivity contribution is -0.121. The Morgan fingerprint density at radius 3 is 3.19 bits per heavy atom. The highest BCUT2D eigenvalue weighted by Crippen LogP contribution is 2.24. The molecule has 0 aliphatic carbocycles. The third-order valence-electron chi connectivity index (χ3n) is 3.02. The number of hydrogen-bond donors (Lipinski definition) is 2. The van der Waals surface area contributed by atoms with Crippen LogP contribution in [-0.2, 0) is 11.2 Å². The number of carbonyl (C=O) groups excluding carboxylic acids is 1. The molecule has 6 nitrogen and oxygen atoms in total. The summed E-state index contributed by atoms with van der Waals surface area (Å²) in [6.45, 7) is 1.91. The lowest BCUT2D eigenvalue weighted by atomic mass is 10.2. The van der Waals surface area contributed by atoms with Gasteiger partial charge in [0.2, 0.25) is 5.91 Å². The second kappa shape index (κ2) is 5.92. The molecule has 0 spiro atoms. The zero-order valence-electron chi connectivity index (χ0n) is 11.4. The highest BCUT2D eigenvalue weighted by atomic mass is 32.1. The number of furan rings is 1. The minimum absolute atomic E-state index is 0.0694. The predicted octanol–water partition coefficient (Wildman–Crippen LogP) is 2.55. The van der Waals surface area contributed by atoms with Gasteiger partial charge in [-0.25, -0.2) is 4.98 Å². The maximum Gasteiger partial charge on any atom is 0.226 e. The minimum Gasteiger partial charge on any atom is -0.462 e. The topological polar surface area (TPSA) is 83.8 Å². The Kier molecular flexibility index (Phi) is 3.83. The first-order valence-electron chi connectivity index (χ1n) is 6.48. The summed E-state index contributed by atoms with van der Waals surface area (Å²) in [7, 11) is 0. The maximum atomic E-state index is 12.0. The summed E-state index contributed by atoms with van der Waals surface area (Å²) >= 11 is 1.47. The van der Waals surface area contributed by atoms with E-state index in [0.29, 0.717) is 0 Å². The Morgan fingerprint density at radius 2 is 2.48 bits per heavy atom. The van der Waals surface area contributed by atoms with Crippen LogP contribution in [0.1, 0.15) is 24.2 Å². The molecule has 3 aromatic rings. The predicted molar refractivity (Wildman–Crippen MR) is 78.7 cm³/mol. The van der Waals surface area contributed by atoms with Gasteiger partial charge in [0.25, 0.3) is 0 Å². The number of thiazole rings is 1. The van der Waals surface area contributed by atoms with E-state index in [1.165, 1.54) is 11.3 Å². The second-order valence-corrected chi connectivity index (χ2v) is 5.48. The van der Waals surface area contributed by atoms with Gasteiger partial charge < -0.3 is 9.73 Å². The van der Waals surface area contributed by atoms with Crippen molar-refractivity contribution in [2.75, 3.05) is 0 Å². The van der Waals surface area contributed by atoms with E-state index in [-0.39, 0.29) is 18.4 Å². The van der Waals surface area contributed by atoms with Gasteiger partial charge in [-0.1, -0.05) is 0 Å². The molecule has 0 aromatic carbocycles. The number of nitrogens with zero attached hydrogens (tertiary/aromatic N) is 2. The molecule has 0 aliphatic heterocycles. The van der Waals surface area contributed by atoms with Crippen molar-refractivity contribution in [3.8, 4) is 10.8 Å². The molecule has 0 bridgehead atoms. The van der Waals surface area contributed by atoms with Gasteiger partial charge in [0.1, 0.15) is 0 Å². The van der Waals surface area contributed by atoms with E-state index < -0.39 is 0 Å². The van der Waals surface area contributed by atoms with Gasteiger partial charge in [0.15, 0.2) is 10.8 Å². The first-order valence-corrected chi connectivity index (χ1v) is 7.36. The lowest BCUT2D eigenvalue weighted by Crippen LogP contribution is -2.28. The molecule has 2 N–H and O–H groups in total. The summed E-state index contributed by atoms with van der Waals surface area (Å²) in [5, 5.41) is 12.2. The van der Waals surface area contributed by atoms with E-state index in [9.17, 15) is 4.79 Å². The molecule has 3 rings (SSSR count). The Labute approximate surface area is 125 Å². The average molecular weight is 302 g/mol. The summed E-state index contributed by atoms with van der Waals surface area (Å²) in [5.41, 5.74) is 1.68. The largest absolute Gasteiger partial charge is 0.462 e. The third-order valence-corrected chi connectivity index (χ3v) is 3.93. The van der Waals surface area contributed by atoms with E-state index in [4.69, 9.17) is 4.42 Å². The molecule has 21 heavy (non-hydrogen) atoms. The molecule has 0 saturated heterocycles. The summed E-state index contributed by atoms with van der Waals surface area (Å²) in [6.07, 6.45) is 5.32. The van der Waals surface area contributed by atoms with Crippen LogP contribution in [0.15, 0.2) is 40.6 Å². The Balaban J connectivity index is 1.60. The zero-order chi connectivity index (χ0) is 14.7. The maximum absolute atomic E-state index is 12.0. The van der Waals surface area contributed by atoms with Crippen LogP contribution >= 0.6 is 11.3 Å². The SMILES string of the molecule is CC(NC(=O)Cc1csc(-c2ccco2)n1)c1cn[nH]c1. The number of aromatic nitrogens is 3. The molecule has 3 aromatic heterocycles. The summed E-state index contributed by atoms with van der Waals surface area (Å²) in [4.78, 5) is 16.4. The number of amides is 1. The molecule has 3 heterocycles. The van der Waals surface area contributed by atoms with Crippen LogP contribution in [0.2, 0.25) is 0 Å². The second-order valence-electron chi connectivity index (χ2n) is 4.62. The Morgan fingerprint density at radius 1 is 1.57 bits per heavy atom. The molecule has 108 valence electrons. The third kappa shape index (κ3) is 3.19. The molecule has 0 radical (unpaired) electrons. The fraction of sp³-hybridized carbons (Fsp3) is 0.214. The molecule has 7 heteroatoms. The number of aromatic amines is 1. The molecule has 0 aliphatic rings. The number of nitrogens with one attached hydrogen (secondary N) is 2. The van der Waals surface area contributed by atoms with Crippen LogP contribution in [-0.4, -0.2) is 21.1 Å². The van der Waals surface area contributed by atoms with Gasteiger partial charge in [0.05, 0.1) is 30.6 Å². The van der Waals surface area contributed by atoms with Crippen LogP contribution in [0.5, 0.6) is 0 Å². The molecule has 1 atom stereocenters. The monoisotopic (exact) mass is 302 g/mol. The summed E-state index contributed by atoms with van der Waals surface area (Å²) in [5.74, 6) is 0.651. The van der Waals surface area contributed by atoms with Crippen molar-refractivity contribution < 1.29 is 9.21 Å². The van der Waals surface area contributed by atoms with E-state index in [1.807, 2.05) is 24.4 Å². The van der Waals surface area contributed by atoms with Gasteiger partial charge in [-0.05, 0) is 19.1 Å². The number of H-pyrrole nitrogens is 1. The van der Waals surface area contributed by atoms with E-state index >= 15 is 0 Å². The molecular weight excluding hydrogens is 288 g/mol. The van der Waals surface area contributed by atoms with Crippen molar-refractivity contribution in [3.63, 3.8) is 0 Å². The van der Waals surface area contributed by atoms with Crippen LogP contribution in [0, 0.1) is 0 Å². The quantitative estimate of drug-likeness (QED) is 0.758. The summed E-state index contributed by atoms with van der Waals surface area (Å²) in [6, 6.07) is 3.58. The number of rotatable bonds is 5. The van der Waals surface area contributed by atoms with Gasteiger partial charge in [-0.3, -0.25) is 9.89 Å². The van der Waals surface area contributed by atoms with Crippen molar-refractivity contribution in [3.05, 3.63) is 47.4 Å². The fourth-order valence-corrected chi connectivity index (χ4v) is 2.73. The minimum atomic E-state index is -0.0839. The van der Waals surface area contributed by atoms with Crippen LogP contribution in [0.3, 0.4) is 0 Å². The first-order chi connectivity index (χ1) is 10.2. The Hall–Kier alpha value is -2.41. The highest BCUT2D eigenvalue weighted by molar-refractivity contribution is 7.13. The van der Waals surface area contributed by atoms with E-state index in [1.54, 1.807) is 18.7 Å². The highest BCUT2D eigenvalue weighted by Gasteiger charge is 2.13. The van der Waals surface area contributed by atoms with E-state index in [2.05, 4.69) is 20.5 Å². The van der Waals surface area contributed by atoms with Crippen molar-refractivity contribution >= 4 is 17.2 Å². The normalized spacial score (nSPS) is 12.2. The fourth-order valence-electron chi connectivity index (χ4n) is 1.94. The van der Waals surface area contributed by atoms with Crippen LogP contribution in [0.25, 0.3) is 10.8 Å². The van der Waals surface area contributed by atoms with Crippen LogP contribution < -0.4 is 5.32 Å². The molecular formula is C14H14N4O2S. The van der Waals surface area contributed by atoms with Gasteiger partial charge in [0, 0.05) is 17.1 Å². The number of hydrogen-bond acceptors (Lipinski definition) is 5. The van der Waals surface area contributed by atoms with Crippen molar-refractivity contribution in [1.29, 1.82) is 0 Å². The van der Waals surface area contributed by atoms with Crippen LogP contribution in [0.4, 0.5) is 0 Å². The van der Waals surface area contributed by atoms with Gasteiger partial charge >= 0.3 is 0 Å². The molecule has 1 amide bonds. The van der Waals surface area contributed by atoms with Gasteiger partial charge in [-0.15, -0.1) is 11.3 Å². The van der Waals surface area contributed by atoms with Gasteiger partial charge in [-0.2, -0.15) is 5.10 Å². The standard InChI is InChI=1S/C14H14N4O2S/c1-9(10-6-15-16-7-10)17-13(19)5-11-8-21-14(18-11)12-3-2-4-20-12/h2-4,6-9H,5H2,1H3,(H,15,16)(H,17,19).